The Morgan fingerprint density at radius 2 is 1.78 bits per heavy atom. The Morgan fingerprint density at radius 1 is 1.11 bits per heavy atom. The van der Waals surface area contributed by atoms with Crippen molar-refractivity contribution in [1.29, 1.82) is 0 Å². The van der Waals surface area contributed by atoms with Crippen molar-refractivity contribution in [3.63, 3.8) is 0 Å². The molecule has 9 heteroatoms. The molecule has 3 heterocycles. The number of piperidine rings is 2. The Hall–Kier alpha value is -3.20. The number of benzene rings is 1. The smallest absolute Gasteiger partial charge is 0.225 e. The zero-order valence-corrected chi connectivity index (χ0v) is 29.0. The standard InChI is InChI=1S/C36H60N8O/c1-8-35(5,6)33(45)40-19-9-18-39-31(37)24-32(38-7)43-22-16-36(17-23-43)27-44(25-28(2)41-36)30-12-10-29(11-13-30)26-42-20-14-34(3,4)15-21-42/h10-13,24,38,41H,2,8-9,14-23,25-27H2,1,3-7H3,(H2,37,39)(H,40,45)/b32-24+. The lowest BCUT2D eigenvalue weighted by molar-refractivity contribution is -0.129. The summed E-state index contributed by atoms with van der Waals surface area (Å²) in [6.07, 6.45) is 8.08. The lowest BCUT2D eigenvalue weighted by Gasteiger charge is -2.50. The van der Waals surface area contributed by atoms with Gasteiger partial charge in [0.15, 0.2) is 0 Å². The van der Waals surface area contributed by atoms with Crippen molar-refractivity contribution in [2.75, 3.05) is 64.3 Å². The average Bonchev–Trinajstić information content (AvgIpc) is 3.01. The van der Waals surface area contributed by atoms with Gasteiger partial charge < -0.3 is 31.5 Å². The Kier molecular flexibility index (Phi) is 11.5. The van der Waals surface area contributed by atoms with Crippen LogP contribution in [0.4, 0.5) is 5.69 Å². The van der Waals surface area contributed by atoms with E-state index in [0.717, 1.165) is 69.9 Å². The number of nitrogens with two attached hydrogens (primary N) is 1. The number of aliphatic imine (C=N–C) groups is 1. The number of amides is 1. The van der Waals surface area contributed by atoms with Crippen molar-refractivity contribution in [3.8, 4) is 0 Å². The first-order valence-corrected chi connectivity index (χ1v) is 17.1. The lowest BCUT2D eigenvalue weighted by Crippen LogP contribution is -2.63. The third-order valence-corrected chi connectivity index (χ3v) is 10.2. The molecular formula is C36H60N8O. The van der Waals surface area contributed by atoms with Crippen molar-refractivity contribution >= 4 is 17.4 Å². The van der Waals surface area contributed by atoms with E-state index in [1.807, 2.05) is 33.9 Å². The highest BCUT2D eigenvalue weighted by molar-refractivity contribution is 5.91. The molecule has 3 saturated heterocycles. The molecule has 3 fully saturated rings. The van der Waals surface area contributed by atoms with Crippen LogP contribution in [0.2, 0.25) is 0 Å². The highest BCUT2D eigenvalue weighted by atomic mass is 16.2. The van der Waals surface area contributed by atoms with Crippen LogP contribution < -0.4 is 26.6 Å². The van der Waals surface area contributed by atoms with E-state index in [9.17, 15) is 4.79 Å². The molecule has 4 rings (SSSR count). The van der Waals surface area contributed by atoms with Gasteiger partial charge in [0.1, 0.15) is 11.7 Å². The molecular weight excluding hydrogens is 560 g/mol. The quantitative estimate of drug-likeness (QED) is 0.156. The van der Waals surface area contributed by atoms with Gasteiger partial charge in [-0.15, -0.1) is 0 Å². The molecule has 0 aromatic heterocycles. The minimum atomic E-state index is -0.339. The largest absolute Gasteiger partial charge is 0.384 e. The molecule has 1 amide bonds. The number of rotatable bonds is 12. The molecule has 0 bridgehead atoms. The number of hydrogen-bond acceptors (Lipinski definition) is 7. The third kappa shape index (κ3) is 9.65. The predicted octanol–water partition coefficient (Wildman–Crippen LogP) is 4.43. The number of nitrogens with zero attached hydrogens (tertiary/aromatic N) is 4. The Bertz CT molecular complexity index is 1200. The SMILES string of the molecule is C=C1CN(c2ccc(CN3CCC(C)(C)CC3)cc2)CC2(CCN(/C(=C/C(N)=NCCCNC(=O)C(C)(C)CC)NC)CC2)N1. The maximum absolute atomic E-state index is 12.3. The maximum Gasteiger partial charge on any atom is 0.225 e. The molecule has 1 spiro atoms. The van der Waals surface area contributed by atoms with E-state index in [1.165, 1.54) is 37.2 Å². The molecule has 250 valence electrons. The third-order valence-electron chi connectivity index (χ3n) is 10.2. The summed E-state index contributed by atoms with van der Waals surface area (Å²) >= 11 is 0. The fourth-order valence-corrected chi connectivity index (χ4v) is 6.53. The molecule has 45 heavy (non-hydrogen) atoms. The van der Waals surface area contributed by atoms with Crippen LogP contribution in [0.25, 0.3) is 0 Å². The summed E-state index contributed by atoms with van der Waals surface area (Å²) in [6.45, 7) is 23.4. The number of likely N-dealkylation sites (tertiary alicyclic amines) is 2. The van der Waals surface area contributed by atoms with Gasteiger partial charge in [-0.2, -0.15) is 0 Å². The van der Waals surface area contributed by atoms with Gasteiger partial charge in [-0.25, -0.2) is 0 Å². The van der Waals surface area contributed by atoms with Gasteiger partial charge in [0.05, 0.1) is 12.1 Å². The molecule has 3 aliphatic heterocycles. The summed E-state index contributed by atoms with van der Waals surface area (Å²) in [7, 11) is 1.94. The average molecular weight is 621 g/mol. The lowest BCUT2D eigenvalue weighted by atomic mass is 9.82. The monoisotopic (exact) mass is 620 g/mol. The van der Waals surface area contributed by atoms with Gasteiger partial charge in [-0.1, -0.05) is 53.3 Å². The summed E-state index contributed by atoms with van der Waals surface area (Å²) in [5, 5.41) is 10.1. The zero-order valence-electron chi connectivity index (χ0n) is 29.0. The van der Waals surface area contributed by atoms with Gasteiger partial charge in [-0.3, -0.25) is 14.7 Å². The predicted molar refractivity (Wildman–Crippen MR) is 188 cm³/mol. The Morgan fingerprint density at radius 3 is 2.40 bits per heavy atom. The van der Waals surface area contributed by atoms with Crippen LogP contribution in [0.3, 0.4) is 0 Å². The molecule has 0 unspecified atom stereocenters. The minimum absolute atomic E-state index is 0.000368. The maximum atomic E-state index is 12.3. The second kappa shape index (κ2) is 14.9. The van der Waals surface area contributed by atoms with Crippen LogP contribution in [0.15, 0.2) is 53.4 Å². The number of carbonyl (C=O) groups excluding carboxylic acids is 1. The van der Waals surface area contributed by atoms with Crippen LogP contribution in [0.1, 0.15) is 78.7 Å². The van der Waals surface area contributed by atoms with Crippen LogP contribution >= 0.6 is 0 Å². The molecule has 0 atom stereocenters. The van der Waals surface area contributed by atoms with Crippen molar-refractivity contribution in [2.45, 2.75) is 85.2 Å². The second-order valence-electron chi connectivity index (χ2n) is 14.9. The van der Waals surface area contributed by atoms with Crippen molar-refractivity contribution in [2.24, 2.45) is 21.6 Å². The molecule has 1 aromatic rings. The van der Waals surface area contributed by atoms with E-state index in [4.69, 9.17) is 5.73 Å². The molecule has 1 aromatic carbocycles. The van der Waals surface area contributed by atoms with Crippen molar-refractivity contribution in [1.82, 2.24) is 25.8 Å². The zero-order chi connectivity index (χ0) is 32.7. The first-order valence-electron chi connectivity index (χ1n) is 17.1. The van der Waals surface area contributed by atoms with Crippen LogP contribution in [-0.2, 0) is 11.3 Å². The van der Waals surface area contributed by atoms with Gasteiger partial charge in [0, 0.05) is 69.2 Å². The summed E-state index contributed by atoms with van der Waals surface area (Å²) in [6, 6.07) is 9.23. The molecule has 0 saturated carbocycles. The van der Waals surface area contributed by atoms with Crippen molar-refractivity contribution < 1.29 is 4.79 Å². The van der Waals surface area contributed by atoms with E-state index in [0.29, 0.717) is 24.3 Å². The molecule has 3 aliphatic rings. The highest BCUT2D eigenvalue weighted by Gasteiger charge is 2.40. The first-order chi connectivity index (χ1) is 21.3. The second-order valence-corrected chi connectivity index (χ2v) is 14.9. The number of nitrogens with one attached hydrogen (secondary N) is 3. The number of piperazine rings is 1. The van der Waals surface area contributed by atoms with Crippen LogP contribution in [0, 0.1) is 10.8 Å². The van der Waals surface area contributed by atoms with Gasteiger partial charge in [-0.05, 0) is 74.7 Å². The Balaban J connectivity index is 1.27. The highest BCUT2D eigenvalue weighted by Crippen LogP contribution is 2.33. The summed E-state index contributed by atoms with van der Waals surface area (Å²) in [5.41, 5.74) is 10.2. The van der Waals surface area contributed by atoms with E-state index in [-0.39, 0.29) is 16.9 Å². The number of anilines is 1. The Labute approximate surface area is 272 Å². The molecule has 0 aliphatic carbocycles. The number of carbonyl (C=O) groups is 1. The molecule has 9 nitrogen and oxygen atoms in total. The van der Waals surface area contributed by atoms with Crippen LogP contribution in [-0.4, -0.2) is 86.5 Å². The number of hydrogen-bond donors (Lipinski definition) is 4. The normalized spacial score (nSPS) is 21.1. The summed E-state index contributed by atoms with van der Waals surface area (Å²) in [4.78, 5) is 24.2. The van der Waals surface area contributed by atoms with E-state index < -0.39 is 0 Å². The van der Waals surface area contributed by atoms with Gasteiger partial charge in [0.2, 0.25) is 5.91 Å². The summed E-state index contributed by atoms with van der Waals surface area (Å²) < 4.78 is 0. The first kappa shape index (κ1) is 34.7. The van der Waals surface area contributed by atoms with Gasteiger partial charge in [0.25, 0.3) is 0 Å². The fraction of sp³-hybridized carbons (Fsp3) is 0.667. The minimum Gasteiger partial charge on any atom is -0.384 e. The fourth-order valence-electron chi connectivity index (χ4n) is 6.53. The molecule has 5 N–H and O–H groups in total. The topological polar surface area (TPSA) is 101 Å². The van der Waals surface area contributed by atoms with E-state index in [1.54, 1.807) is 0 Å². The van der Waals surface area contributed by atoms with E-state index >= 15 is 0 Å². The molecule has 0 radical (unpaired) electrons. The van der Waals surface area contributed by atoms with Gasteiger partial charge >= 0.3 is 0 Å². The van der Waals surface area contributed by atoms with Crippen LogP contribution in [0.5, 0.6) is 0 Å². The van der Waals surface area contributed by atoms with E-state index in [2.05, 4.69) is 80.3 Å². The van der Waals surface area contributed by atoms with Crippen molar-refractivity contribution in [3.05, 3.63) is 54.0 Å². The summed E-state index contributed by atoms with van der Waals surface area (Å²) in [5.74, 6) is 1.58. The number of amidine groups is 1.